The molecule has 0 aromatic heterocycles. The molecular weight excluding hydrogens is 578 g/mol. The third-order valence-corrected chi connectivity index (χ3v) is 10.0. The number of benzene rings is 2. The van der Waals surface area contributed by atoms with Gasteiger partial charge in [0.25, 0.3) is 5.91 Å². The Labute approximate surface area is 275 Å². The molecule has 2 aromatic carbocycles. The summed E-state index contributed by atoms with van der Waals surface area (Å²) >= 11 is 0. The summed E-state index contributed by atoms with van der Waals surface area (Å²) in [5, 5.41) is 6.13. The first kappa shape index (κ1) is 33.9. The molecule has 0 bridgehead atoms. The fraction of sp³-hybridized carbons (Fsp3) is 0.595. The molecule has 1 unspecified atom stereocenters. The average molecular weight is 632 g/mol. The molecule has 250 valence electrons. The van der Waals surface area contributed by atoms with Gasteiger partial charge in [-0.1, -0.05) is 57.6 Å². The van der Waals surface area contributed by atoms with Gasteiger partial charge in [-0.3, -0.25) is 19.3 Å². The summed E-state index contributed by atoms with van der Waals surface area (Å²) in [4.78, 5) is 46.3. The standard InChI is InChI=1S/C37H53N5O4/c1-4-5-22-42-35(44)33(26-28-9-7-6-8-10-28)39-36(45)37(42)19-23-41(24-20-37)27-29-11-15-31(16-12-29)46-32-17-13-30(14-18-32)34(43)38-21-25-40(2)3/h11-18,28,33H,4-10,19-27H2,1-3H3,(H,38,43)(H,39,45). The van der Waals surface area contributed by atoms with Gasteiger partial charge in [0.15, 0.2) is 0 Å². The van der Waals surface area contributed by atoms with Gasteiger partial charge in [0.1, 0.15) is 23.1 Å². The van der Waals surface area contributed by atoms with Crippen molar-refractivity contribution in [2.75, 3.05) is 46.8 Å². The number of piperidine rings is 1. The van der Waals surface area contributed by atoms with Crippen molar-refractivity contribution in [3.63, 3.8) is 0 Å². The number of hydrogen-bond acceptors (Lipinski definition) is 6. The Morgan fingerprint density at radius 2 is 1.63 bits per heavy atom. The van der Waals surface area contributed by atoms with Crippen LogP contribution >= 0.6 is 0 Å². The summed E-state index contributed by atoms with van der Waals surface area (Å²) < 4.78 is 6.03. The Morgan fingerprint density at radius 3 is 2.26 bits per heavy atom. The van der Waals surface area contributed by atoms with Gasteiger partial charge in [0.2, 0.25) is 11.8 Å². The number of piperazine rings is 1. The van der Waals surface area contributed by atoms with Crippen molar-refractivity contribution in [1.82, 2.24) is 25.3 Å². The zero-order valence-electron chi connectivity index (χ0n) is 28.1. The van der Waals surface area contributed by atoms with Gasteiger partial charge < -0.3 is 25.2 Å². The van der Waals surface area contributed by atoms with Crippen LogP contribution in [-0.2, 0) is 16.1 Å². The van der Waals surface area contributed by atoms with Gasteiger partial charge in [0.05, 0.1) is 0 Å². The number of rotatable bonds is 13. The number of nitrogens with zero attached hydrogens (tertiary/aromatic N) is 3. The summed E-state index contributed by atoms with van der Waals surface area (Å²) in [6.07, 6.45) is 10.1. The zero-order valence-corrected chi connectivity index (χ0v) is 28.1. The first-order valence-electron chi connectivity index (χ1n) is 17.4. The van der Waals surface area contributed by atoms with Crippen molar-refractivity contribution in [2.45, 2.75) is 89.3 Å². The molecule has 0 radical (unpaired) electrons. The van der Waals surface area contributed by atoms with Crippen LogP contribution in [0.5, 0.6) is 11.5 Å². The molecule has 2 heterocycles. The van der Waals surface area contributed by atoms with E-state index < -0.39 is 5.54 Å². The van der Waals surface area contributed by atoms with Crippen molar-refractivity contribution >= 4 is 17.7 Å². The first-order chi connectivity index (χ1) is 22.3. The molecule has 1 saturated carbocycles. The SMILES string of the molecule is CCCCN1C(=O)C(CC2CCCCC2)NC(=O)C12CCN(Cc1ccc(Oc3ccc(C(=O)NCCN(C)C)cc3)cc1)CC2. The van der Waals surface area contributed by atoms with E-state index in [1.807, 2.05) is 48.2 Å². The third-order valence-electron chi connectivity index (χ3n) is 10.0. The first-order valence-corrected chi connectivity index (χ1v) is 17.4. The Hall–Kier alpha value is -3.43. The lowest BCUT2D eigenvalue weighted by Gasteiger charge is -2.52. The molecule has 3 aliphatic rings. The molecule has 46 heavy (non-hydrogen) atoms. The van der Waals surface area contributed by atoms with E-state index in [4.69, 9.17) is 4.74 Å². The van der Waals surface area contributed by atoms with E-state index in [9.17, 15) is 14.4 Å². The van der Waals surface area contributed by atoms with Crippen molar-refractivity contribution in [3.05, 3.63) is 59.7 Å². The van der Waals surface area contributed by atoms with Crippen LogP contribution in [0.3, 0.4) is 0 Å². The second kappa shape index (κ2) is 15.9. The number of likely N-dealkylation sites (tertiary alicyclic amines) is 1. The number of likely N-dealkylation sites (N-methyl/N-ethyl adjacent to an activating group) is 1. The zero-order chi connectivity index (χ0) is 32.5. The lowest BCUT2D eigenvalue weighted by Crippen LogP contribution is -2.73. The highest BCUT2D eigenvalue weighted by Gasteiger charge is 2.53. The van der Waals surface area contributed by atoms with E-state index in [2.05, 4.69) is 34.6 Å². The fourth-order valence-corrected chi connectivity index (χ4v) is 7.24. The summed E-state index contributed by atoms with van der Waals surface area (Å²) in [6, 6.07) is 14.9. The topological polar surface area (TPSA) is 94.2 Å². The molecule has 3 amide bonds. The van der Waals surface area contributed by atoms with Gasteiger partial charge in [-0.15, -0.1) is 0 Å². The fourth-order valence-electron chi connectivity index (χ4n) is 7.24. The van der Waals surface area contributed by atoms with Crippen LogP contribution in [0.15, 0.2) is 48.5 Å². The third kappa shape index (κ3) is 8.48. The molecule has 5 rings (SSSR count). The normalized spacial score (nSPS) is 20.6. The van der Waals surface area contributed by atoms with E-state index in [0.29, 0.717) is 43.2 Å². The Morgan fingerprint density at radius 1 is 0.978 bits per heavy atom. The molecule has 2 N–H and O–H groups in total. The van der Waals surface area contributed by atoms with E-state index in [0.717, 1.165) is 51.2 Å². The van der Waals surface area contributed by atoms with Gasteiger partial charge >= 0.3 is 0 Å². The van der Waals surface area contributed by atoms with Gasteiger partial charge in [-0.25, -0.2) is 0 Å². The molecular formula is C37H53N5O4. The van der Waals surface area contributed by atoms with Crippen LogP contribution in [0.2, 0.25) is 0 Å². The predicted octanol–water partition coefficient (Wildman–Crippen LogP) is 5.20. The summed E-state index contributed by atoms with van der Waals surface area (Å²) in [5.74, 6) is 2.05. The number of unbranched alkanes of at least 4 members (excludes halogenated alkanes) is 1. The lowest BCUT2D eigenvalue weighted by atomic mass is 9.79. The van der Waals surface area contributed by atoms with E-state index in [1.165, 1.54) is 37.7 Å². The number of ether oxygens (including phenoxy) is 1. The average Bonchev–Trinajstić information content (AvgIpc) is 3.06. The smallest absolute Gasteiger partial charge is 0.251 e. The van der Waals surface area contributed by atoms with Gasteiger partial charge in [-0.2, -0.15) is 0 Å². The monoisotopic (exact) mass is 631 g/mol. The van der Waals surface area contributed by atoms with Crippen LogP contribution in [0.1, 0.15) is 87.1 Å². The van der Waals surface area contributed by atoms with Crippen LogP contribution in [-0.4, -0.2) is 90.8 Å². The van der Waals surface area contributed by atoms with Crippen molar-refractivity contribution in [3.8, 4) is 11.5 Å². The minimum atomic E-state index is -0.730. The summed E-state index contributed by atoms with van der Waals surface area (Å²) in [5.41, 5.74) is 1.05. The number of amides is 3. The maximum Gasteiger partial charge on any atom is 0.251 e. The molecule has 1 spiro atoms. The highest BCUT2D eigenvalue weighted by Crippen LogP contribution is 2.36. The van der Waals surface area contributed by atoms with Gasteiger partial charge in [0, 0.05) is 44.8 Å². The summed E-state index contributed by atoms with van der Waals surface area (Å²) in [7, 11) is 3.95. The minimum Gasteiger partial charge on any atom is -0.457 e. The van der Waals surface area contributed by atoms with Crippen molar-refractivity contribution < 1.29 is 19.1 Å². The maximum absolute atomic E-state index is 13.8. The lowest BCUT2D eigenvalue weighted by molar-refractivity contribution is -0.162. The quantitative estimate of drug-likeness (QED) is 0.316. The van der Waals surface area contributed by atoms with E-state index in [-0.39, 0.29) is 23.8 Å². The molecule has 2 aromatic rings. The number of carbonyl (C=O) groups is 3. The number of carbonyl (C=O) groups excluding carboxylic acids is 3. The van der Waals surface area contributed by atoms with Gasteiger partial charge in [-0.05, 0) is 87.7 Å². The molecule has 1 atom stereocenters. The predicted molar refractivity (Wildman–Crippen MR) is 181 cm³/mol. The van der Waals surface area contributed by atoms with Crippen LogP contribution in [0.4, 0.5) is 0 Å². The Bertz CT molecular complexity index is 1300. The molecule has 3 fully saturated rings. The molecule has 2 aliphatic heterocycles. The van der Waals surface area contributed by atoms with E-state index in [1.54, 1.807) is 12.1 Å². The van der Waals surface area contributed by atoms with Crippen LogP contribution in [0, 0.1) is 5.92 Å². The maximum atomic E-state index is 13.8. The Balaban J connectivity index is 1.13. The molecule has 9 nitrogen and oxygen atoms in total. The minimum absolute atomic E-state index is 0.0585. The van der Waals surface area contributed by atoms with Crippen LogP contribution < -0.4 is 15.4 Å². The van der Waals surface area contributed by atoms with E-state index >= 15 is 0 Å². The van der Waals surface area contributed by atoms with Crippen molar-refractivity contribution in [1.29, 1.82) is 0 Å². The second-order valence-corrected chi connectivity index (χ2v) is 13.7. The number of nitrogens with one attached hydrogen (secondary N) is 2. The molecule has 1 aliphatic carbocycles. The second-order valence-electron chi connectivity index (χ2n) is 13.7. The highest BCUT2D eigenvalue weighted by atomic mass is 16.5. The Kier molecular flexibility index (Phi) is 11.7. The number of hydrogen-bond donors (Lipinski definition) is 2. The molecule has 9 heteroatoms. The summed E-state index contributed by atoms with van der Waals surface area (Å²) in [6.45, 7) is 6.51. The largest absolute Gasteiger partial charge is 0.457 e. The van der Waals surface area contributed by atoms with Crippen molar-refractivity contribution in [2.24, 2.45) is 5.92 Å². The van der Waals surface area contributed by atoms with Crippen LogP contribution in [0.25, 0.3) is 0 Å². The molecule has 2 saturated heterocycles. The highest BCUT2D eigenvalue weighted by molar-refractivity contribution is 6.00.